The monoisotopic (exact) mass is 257 g/mol. The van der Waals surface area contributed by atoms with E-state index in [1.807, 2.05) is 17.9 Å². The van der Waals surface area contributed by atoms with Crippen molar-refractivity contribution in [3.8, 4) is 5.75 Å². The maximum absolute atomic E-state index is 6.18. The molecule has 4 nitrogen and oxygen atoms in total. The van der Waals surface area contributed by atoms with Crippen LogP contribution in [0.3, 0.4) is 0 Å². The quantitative estimate of drug-likeness (QED) is 0.894. The minimum absolute atomic E-state index is 0.395. The highest BCUT2D eigenvalue weighted by Crippen LogP contribution is 2.46. The fourth-order valence-corrected chi connectivity index (χ4v) is 3.51. The van der Waals surface area contributed by atoms with Crippen LogP contribution < -0.4 is 10.1 Å². The van der Waals surface area contributed by atoms with E-state index in [2.05, 4.69) is 29.5 Å². The molecule has 0 atom stereocenters. The lowest BCUT2D eigenvalue weighted by Gasteiger charge is -2.53. The second-order valence-corrected chi connectivity index (χ2v) is 6.15. The van der Waals surface area contributed by atoms with E-state index < -0.39 is 0 Å². The van der Waals surface area contributed by atoms with Gasteiger partial charge in [-0.05, 0) is 31.9 Å². The molecule has 4 heteroatoms. The number of aryl methyl sites for hydroxylation is 2. The van der Waals surface area contributed by atoms with Crippen LogP contribution in [0.5, 0.6) is 5.75 Å². The standard InChI is InChI=1S/C15H19N3O/c1-10-13(4-3-11-7-17-18(2)14(10)11)19-12-5-15(6-12)8-16-9-15/h3-4,7,12,16H,5-6,8-9H2,1-2H3. The molecule has 2 fully saturated rings. The first kappa shape index (κ1) is 11.3. The second kappa shape index (κ2) is 3.73. The molecule has 0 radical (unpaired) electrons. The largest absolute Gasteiger partial charge is 0.490 e. The van der Waals surface area contributed by atoms with Gasteiger partial charge in [-0.1, -0.05) is 0 Å². The van der Waals surface area contributed by atoms with Crippen LogP contribution in [-0.4, -0.2) is 29.0 Å². The van der Waals surface area contributed by atoms with Crippen molar-refractivity contribution in [3.63, 3.8) is 0 Å². The summed E-state index contributed by atoms with van der Waals surface area (Å²) in [4.78, 5) is 0. The average Bonchev–Trinajstić information content (AvgIpc) is 2.66. The highest BCUT2D eigenvalue weighted by molar-refractivity contribution is 5.83. The summed E-state index contributed by atoms with van der Waals surface area (Å²) in [6.07, 6.45) is 4.70. The number of benzene rings is 1. The molecule has 1 aromatic heterocycles. The summed E-state index contributed by atoms with van der Waals surface area (Å²) in [7, 11) is 1.98. The van der Waals surface area contributed by atoms with Crippen molar-refractivity contribution in [1.29, 1.82) is 0 Å². The molecule has 1 saturated heterocycles. The maximum Gasteiger partial charge on any atom is 0.124 e. The number of ether oxygens (including phenoxy) is 1. The molecule has 4 rings (SSSR count). The van der Waals surface area contributed by atoms with E-state index in [4.69, 9.17) is 4.74 Å². The molecule has 0 unspecified atom stereocenters. The van der Waals surface area contributed by atoms with Gasteiger partial charge in [0.2, 0.25) is 0 Å². The van der Waals surface area contributed by atoms with Gasteiger partial charge < -0.3 is 10.1 Å². The van der Waals surface area contributed by atoms with E-state index in [9.17, 15) is 0 Å². The first-order chi connectivity index (χ1) is 9.17. The molecule has 1 N–H and O–H groups in total. The van der Waals surface area contributed by atoms with Gasteiger partial charge >= 0.3 is 0 Å². The van der Waals surface area contributed by atoms with Crippen molar-refractivity contribution in [1.82, 2.24) is 15.1 Å². The van der Waals surface area contributed by atoms with E-state index in [1.54, 1.807) is 0 Å². The molecular weight excluding hydrogens is 238 g/mol. The molecule has 2 aromatic rings. The first-order valence-corrected chi connectivity index (χ1v) is 6.96. The molecule has 0 amide bonds. The fourth-order valence-electron chi connectivity index (χ4n) is 3.51. The Morgan fingerprint density at radius 2 is 2.16 bits per heavy atom. The van der Waals surface area contributed by atoms with Crippen LogP contribution >= 0.6 is 0 Å². The topological polar surface area (TPSA) is 39.1 Å². The fraction of sp³-hybridized carbons (Fsp3) is 0.533. The number of hydrogen-bond acceptors (Lipinski definition) is 3. The molecule has 1 aromatic carbocycles. The van der Waals surface area contributed by atoms with Crippen molar-refractivity contribution in [2.24, 2.45) is 12.5 Å². The minimum Gasteiger partial charge on any atom is -0.490 e. The summed E-state index contributed by atoms with van der Waals surface area (Å²) in [6, 6.07) is 4.19. The Morgan fingerprint density at radius 1 is 1.37 bits per heavy atom. The molecule has 2 heterocycles. The summed E-state index contributed by atoms with van der Waals surface area (Å²) in [5.41, 5.74) is 2.94. The Kier molecular flexibility index (Phi) is 2.22. The summed E-state index contributed by atoms with van der Waals surface area (Å²) in [5.74, 6) is 1.02. The van der Waals surface area contributed by atoms with Gasteiger partial charge in [-0.25, -0.2) is 0 Å². The van der Waals surface area contributed by atoms with Gasteiger partial charge in [0.1, 0.15) is 5.75 Å². The maximum atomic E-state index is 6.18. The predicted octanol–water partition coefficient (Wildman–Crippen LogP) is 2.01. The third kappa shape index (κ3) is 1.59. The normalized spacial score (nSPS) is 21.4. The van der Waals surface area contributed by atoms with Gasteiger partial charge in [0.15, 0.2) is 0 Å². The van der Waals surface area contributed by atoms with Gasteiger partial charge in [0, 0.05) is 36.5 Å². The average molecular weight is 257 g/mol. The zero-order chi connectivity index (χ0) is 13.0. The minimum atomic E-state index is 0.395. The van der Waals surface area contributed by atoms with Crippen LogP contribution in [0.4, 0.5) is 0 Å². The lowest BCUT2D eigenvalue weighted by molar-refractivity contribution is -0.0497. The van der Waals surface area contributed by atoms with Gasteiger partial charge in [0.25, 0.3) is 0 Å². The van der Waals surface area contributed by atoms with Crippen LogP contribution in [0.2, 0.25) is 0 Å². The van der Waals surface area contributed by atoms with Crippen LogP contribution in [0, 0.1) is 12.3 Å². The number of nitrogens with one attached hydrogen (secondary N) is 1. The van der Waals surface area contributed by atoms with Crippen molar-refractivity contribution >= 4 is 10.9 Å². The van der Waals surface area contributed by atoms with Crippen molar-refractivity contribution in [2.75, 3.05) is 13.1 Å². The highest BCUT2D eigenvalue weighted by Gasteiger charge is 2.49. The molecule has 1 aliphatic heterocycles. The highest BCUT2D eigenvalue weighted by atomic mass is 16.5. The van der Waals surface area contributed by atoms with Crippen LogP contribution in [0.1, 0.15) is 18.4 Å². The lowest BCUT2D eigenvalue weighted by atomic mass is 9.63. The van der Waals surface area contributed by atoms with Crippen molar-refractivity contribution < 1.29 is 4.74 Å². The number of nitrogens with zero attached hydrogens (tertiary/aromatic N) is 2. The number of hydrogen-bond donors (Lipinski definition) is 1. The van der Waals surface area contributed by atoms with E-state index in [0.717, 1.165) is 5.75 Å². The van der Waals surface area contributed by atoms with Crippen LogP contribution in [0.25, 0.3) is 10.9 Å². The van der Waals surface area contributed by atoms with Gasteiger partial charge in [-0.2, -0.15) is 5.10 Å². The smallest absolute Gasteiger partial charge is 0.124 e. The first-order valence-electron chi connectivity index (χ1n) is 6.96. The number of rotatable bonds is 2. The molecule has 2 aliphatic rings. The SMILES string of the molecule is Cc1c(OC2CC3(CNC3)C2)ccc2cnn(C)c12. The Bertz CT molecular complexity index is 634. The van der Waals surface area contributed by atoms with Crippen molar-refractivity contribution in [3.05, 3.63) is 23.9 Å². The molecule has 1 spiro atoms. The summed E-state index contributed by atoms with van der Waals surface area (Å²) >= 11 is 0. The predicted molar refractivity (Wildman–Crippen MR) is 74.4 cm³/mol. The molecular formula is C15H19N3O. The molecule has 100 valence electrons. The van der Waals surface area contributed by atoms with Gasteiger partial charge in [-0.3, -0.25) is 4.68 Å². The Morgan fingerprint density at radius 3 is 2.84 bits per heavy atom. The van der Waals surface area contributed by atoms with Crippen LogP contribution in [-0.2, 0) is 7.05 Å². The second-order valence-electron chi connectivity index (χ2n) is 6.15. The zero-order valence-electron chi connectivity index (χ0n) is 11.4. The van der Waals surface area contributed by atoms with Crippen molar-refractivity contribution in [2.45, 2.75) is 25.9 Å². The van der Waals surface area contributed by atoms with E-state index in [1.165, 1.54) is 42.4 Å². The van der Waals surface area contributed by atoms with Crippen LogP contribution in [0.15, 0.2) is 18.3 Å². The van der Waals surface area contributed by atoms with E-state index in [0.29, 0.717) is 11.5 Å². The summed E-state index contributed by atoms with van der Waals surface area (Å²) < 4.78 is 8.10. The Balaban J connectivity index is 1.58. The number of aromatic nitrogens is 2. The third-order valence-corrected chi connectivity index (χ3v) is 4.72. The van der Waals surface area contributed by atoms with Gasteiger partial charge in [-0.15, -0.1) is 0 Å². The molecule has 1 aliphatic carbocycles. The lowest BCUT2D eigenvalue weighted by Crippen LogP contribution is -2.62. The molecule has 19 heavy (non-hydrogen) atoms. The van der Waals surface area contributed by atoms with E-state index >= 15 is 0 Å². The Hall–Kier alpha value is -1.55. The van der Waals surface area contributed by atoms with E-state index in [-0.39, 0.29) is 0 Å². The van der Waals surface area contributed by atoms with Gasteiger partial charge in [0.05, 0.1) is 17.8 Å². The third-order valence-electron chi connectivity index (χ3n) is 4.72. The summed E-state index contributed by atoms with van der Waals surface area (Å²) in [5, 5.41) is 8.85. The molecule has 1 saturated carbocycles. The number of fused-ring (bicyclic) bond motifs is 1. The zero-order valence-corrected chi connectivity index (χ0v) is 11.4. The Labute approximate surface area is 112 Å². The summed E-state index contributed by atoms with van der Waals surface area (Å²) in [6.45, 7) is 4.47. The molecule has 0 bridgehead atoms.